The van der Waals surface area contributed by atoms with E-state index in [0.717, 1.165) is 26.2 Å². The van der Waals surface area contributed by atoms with E-state index >= 15 is 0 Å². The first-order valence-electron chi connectivity index (χ1n) is 6.33. The Bertz CT molecular complexity index is 174. The second-order valence-electron chi connectivity index (χ2n) is 4.25. The Hall–Kier alpha value is -0.570. The van der Waals surface area contributed by atoms with Crippen LogP contribution in [-0.2, 0) is 4.79 Å². The summed E-state index contributed by atoms with van der Waals surface area (Å²) in [4.78, 5) is 13.9. The maximum atomic E-state index is 11.8. The summed E-state index contributed by atoms with van der Waals surface area (Å²) in [5, 5.41) is 3.20. The van der Waals surface area contributed by atoms with Crippen molar-refractivity contribution in [3.8, 4) is 0 Å². The van der Waals surface area contributed by atoms with Crippen molar-refractivity contribution in [1.29, 1.82) is 0 Å². The van der Waals surface area contributed by atoms with Crippen LogP contribution in [0.5, 0.6) is 0 Å². The van der Waals surface area contributed by atoms with E-state index in [1.165, 1.54) is 32.1 Å². The summed E-state index contributed by atoms with van der Waals surface area (Å²) < 4.78 is 0. The molecular weight excluding hydrogens is 188 g/mol. The van der Waals surface area contributed by atoms with Gasteiger partial charge >= 0.3 is 0 Å². The van der Waals surface area contributed by atoms with Crippen molar-refractivity contribution in [2.75, 3.05) is 26.2 Å². The van der Waals surface area contributed by atoms with Crippen molar-refractivity contribution < 1.29 is 4.79 Å². The number of likely N-dealkylation sites (tertiary alicyclic amines) is 1. The molecule has 0 atom stereocenters. The molecule has 1 fully saturated rings. The summed E-state index contributed by atoms with van der Waals surface area (Å²) in [6.45, 7) is 5.80. The third kappa shape index (κ3) is 5.17. The first-order chi connectivity index (χ1) is 7.34. The van der Waals surface area contributed by atoms with E-state index in [-0.39, 0.29) is 0 Å². The van der Waals surface area contributed by atoms with Gasteiger partial charge in [-0.15, -0.1) is 0 Å². The lowest BCUT2D eigenvalue weighted by Crippen LogP contribution is -2.35. The van der Waals surface area contributed by atoms with Crippen molar-refractivity contribution in [2.24, 2.45) is 0 Å². The second-order valence-corrected chi connectivity index (χ2v) is 4.25. The van der Waals surface area contributed by atoms with E-state index < -0.39 is 0 Å². The van der Waals surface area contributed by atoms with E-state index in [4.69, 9.17) is 0 Å². The predicted molar refractivity (Wildman–Crippen MR) is 62.8 cm³/mol. The normalized spacial score (nSPS) is 18.3. The monoisotopic (exact) mass is 212 g/mol. The Morgan fingerprint density at radius 1 is 1.13 bits per heavy atom. The maximum absolute atomic E-state index is 11.8. The first kappa shape index (κ1) is 12.5. The molecule has 1 amide bonds. The van der Waals surface area contributed by atoms with E-state index in [1.54, 1.807) is 0 Å². The highest BCUT2D eigenvalue weighted by atomic mass is 16.2. The van der Waals surface area contributed by atoms with Gasteiger partial charge in [0.15, 0.2) is 0 Å². The van der Waals surface area contributed by atoms with Crippen LogP contribution in [-0.4, -0.2) is 37.0 Å². The molecule has 3 nitrogen and oxygen atoms in total. The lowest BCUT2D eigenvalue weighted by molar-refractivity contribution is -0.131. The summed E-state index contributed by atoms with van der Waals surface area (Å²) >= 11 is 0. The van der Waals surface area contributed by atoms with Crippen LogP contribution in [0.15, 0.2) is 0 Å². The fourth-order valence-corrected chi connectivity index (χ4v) is 2.03. The van der Waals surface area contributed by atoms with Gasteiger partial charge in [0.05, 0.1) is 0 Å². The average Bonchev–Trinajstić information content (AvgIpc) is 2.17. The molecule has 1 N–H and O–H groups in total. The number of amides is 1. The van der Waals surface area contributed by atoms with Crippen LogP contribution in [0.3, 0.4) is 0 Å². The number of hydrogen-bond acceptors (Lipinski definition) is 2. The summed E-state index contributed by atoms with van der Waals surface area (Å²) in [5.41, 5.74) is 0. The Morgan fingerprint density at radius 3 is 2.33 bits per heavy atom. The van der Waals surface area contributed by atoms with Gasteiger partial charge < -0.3 is 10.2 Å². The smallest absolute Gasteiger partial charge is 0.223 e. The zero-order valence-electron chi connectivity index (χ0n) is 9.93. The van der Waals surface area contributed by atoms with Gasteiger partial charge in [-0.1, -0.05) is 26.2 Å². The second kappa shape index (κ2) is 7.69. The van der Waals surface area contributed by atoms with E-state index in [9.17, 15) is 4.79 Å². The first-order valence-corrected chi connectivity index (χ1v) is 6.33. The third-order valence-corrected chi connectivity index (χ3v) is 2.97. The Kier molecular flexibility index (Phi) is 6.41. The molecule has 15 heavy (non-hydrogen) atoms. The van der Waals surface area contributed by atoms with Gasteiger partial charge in [0.25, 0.3) is 0 Å². The minimum absolute atomic E-state index is 0.331. The van der Waals surface area contributed by atoms with Crippen molar-refractivity contribution >= 4 is 5.91 Å². The molecule has 1 heterocycles. The van der Waals surface area contributed by atoms with Gasteiger partial charge in [-0.2, -0.15) is 0 Å². The summed E-state index contributed by atoms with van der Waals surface area (Å²) in [6, 6.07) is 0. The Balaban J connectivity index is 2.22. The minimum Gasteiger partial charge on any atom is -0.343 e. The lowest BCUT2D eigenvalue weighted by Gasteiger charge is -2.24. The molecule has 0 aromatic rings. The van der Waals surface area contributed by atoms with Gasteiger partial charge in [-0.3, -0.25) is 4.79 Å². The van der Waals surface area contributed by atoms with Crippen LogP contribution in [0.2, 0.25) is 0 Å². The SMILES string of the molecule is CCNCCC(=O)N1CCCCCCC1. The van der Waals surface area contributed by atoms with Crippen LogP contribution in [0.4, 0.5) is 0 Å². The molecule has 1 saturated heterocycles. The molecule has 1 aliphatic heterocycles. The highest BCUT2D eigenvalue weighted by Crippen LogP contribution is 2.11. The molecular formula is C12H24N2O. The van der Waals surface area contributed by atoms with Crippen LogP contribution in [0.25, 0.3) is 0 Å². The van der Waals surface area contributed by atoms with Crippen LogP contribution >= 0.6 is 0 Å². The molecule has 0 spiro atoms. The van der Waals surface area contributed by atoms with Crippen molar-refractivity contribution in [3.05, 3.63) is 0 Å². The van der Waals surface area contributed by atoms with Gasteiger partial charge in [0.2, 0.25) is 5.91 Å². The summed E-state index contributed by atoms with van der Waals surface area (Å²) in [5.74, 6) is 0.331. The molecule has 0 unspecified atom stereocenters. The van der Waals surface area contributed by atoms with Gasteiger partial charge in [-0.25, -0.2) is 0 Å². The molecule has 0 radical (unpaired) electrons. The number of rotatable bonds is 4. The van der Waals surface area contributed by atoms with Crippen molar-refractivity contribution in [1.82, 2.24) is 10.2 Å². The highest BCUT2D eigenvalue weighted by molar-refractivity contribution is 5.76. The molecule has 0 aromatic heterocycles. The maximum Gasteiger partial charge on any atom is 0.223 e. The molecule has 0 saturated carbocycles. The molecule has 1 rings (SSSR count). The van der Waals surface area contributed by atoms with Gasteiger partial charge in [0.1, 0.15) is 0 Å². The fraction of sp³-hybridized carbons (Fsp3) is 0.917. The molecule has 1 aliphatic rings. The molecule has 0 aromatic carbocycles. The number of carbonyl (C=O) groups is 1. The summed E-state index contributed by atoms with van der Waals surface area (Å²) in [6.07, 6.45) is 6.96. The Morgan fingerprint density at radius 2 is 1.73 bits per heavy atom. The Labute approximate surface area is 93.2 Å². The minimum atomic E-state index is 0.331. The van der Waals surface area contributed by atoms with Crippen molar-refractivity contribution in [3.63, 3.8) is 0 Å². The van der Waals surface area contributed by atoms with E-state index in [2.05, 4.69) is 17.1 Å². The fourth-order valence-electron chi connectivity index (χ4n) is 2.03. The lowest BCUT2D eigenvalue weighted by atomic mass is 10.1. The number of nitrogens with one attached hydrogen (secondary N) is 1. The number of hydrogen-bond donors (Lipinski definition) is 1. The van der Waals surface area contributed by atoms with E-state index in [1.807, 2.05) is 0 Å². The van der Waals surface area contributed by atoms with Gasteiger partial charge in [-0.05, 0) is 19.4 Å². The topological polar surface area (TPSA) is 32.3 Å². The van der Waals surface area contributed by atoms with Gasteiger partial charge in [0, 0.05) is 26.1 Å². The van der Waals surface area contributed by atoms with Crippen LogP contribution < -0.4 is 5.32 Å². The third-order valence-electron chi connectivity index (χ3n) is 2.97. The summed E-state index contributed by atoms with van der Waals surface area (Å²) in [7, 11) is 0. The highest BCUT2D eigenvalue weighted by Gasteiger charge is 2.13. The zero-order valence-corrected chi connectivity index (χ0v) is 9.93. The number of carbonyl (C=O) groups excluding carboxylic acids is 1. The van der Waals surface area contributed by atoms with Crippen molar-refractivity contribution in [2.45, 2.75) is 45.4 Å². The molecule has 0 aliphatic carbocycles. The average molecular weight is 212 g/mol. The quantitative estimate of drug-likeness (QED) is 0.720. The largest absolute Gasteiger partial charge is 0.343 e. The molecule has 3 heteroatoms. The van der Waals surface area contributed by atoms with E-state index in [0.29, 0.717) is 12.3 Å². The zero-order chi connectivity index (χ0) is 10.9. The molecule has 88 valence electrons. The predicted octanol–water partition coefficient (Wildman–Crippen LogP) is 1.78. The number of nitrogens with zero attached hydrogens (tertiary/aromatic N) is 1. The van der Waals surface area contributed by atoms with Crippen LogP contribution in [0.1, 0.15) is 45.4 Å². The standard InChI is InChI=1S/C12H24N2O/c1-2-13-9-8-12(15)14-10-6-4-3-5-7-11-14/h13H,2-11H2,1H3. The van der Waals surface area contributed by atoms with Crippen LogP contribution in [0, 0.1) is 0 Å². The molecule has 0 bridgehead atoms.